The summed E-state index contributed by atoms with van der Waals surface area (Å²) in [6, 6.07) is 3.54. The van der Waals surface area contributed by atoms with Crippen LogP contribution in [0.4, 0.5) is 5.69 Å². The summed E-state index contributed by atoms with van der Waals surface area (Å²) in [4.78, 5) is 16.0. The number of amides is 1. The molecule has 0 atom stereocenters. The van der Waals surface area contributed by atoms with Crippen LogP contribution in [0.15, 0.2) is 24.5 Å². The number of carbonyl (C=O) groups is 1. The third-order valence-corrected chi connectivity index (χ3v) is 2.66. The van der Waals surface area contributed by atoms with Crippen molar-refractivity contribution in [3.8, 4) is 0 Å². The van der Waals surface area contributed by atoms with E-state index in [0.29, 0.717) is 17.3 Å². The van der Waals surface area contributed by atoms with Crippen molar-refractivity contribution in [1.29, 1.82) is 0 Å². The van der Waals surface area contributed by atoms with Gasteiger partial charge in [0.05, 0.1) is 17.6 Å². The van der Waals surface area contributed by atoms with Gasteiger partial charge in [0.1, 0.15) is 0 Å². The van der Waals surface area contributed by atoms with Crippen LogP contribution >= 0.6 is 0 Å². The van der Waals surface area contributed by atoms with Crippen molar-refractivity contribution >= 4 is 11.6 Å². The molecule has 2 aromatic rings. The summed E-state index contributed by atoms with van der Waals surface area (Å²) >= 11 is 0. The van der Waals surface area contributed by atoms with Crippen LogP contribution in [0.2, 0.25) is 0 Å². The van der Waals surface area contributed by atoms with Crippen LogP contribution in [0, 0.1) is 12.8 Å². The van der Waals surface area contributed by atoms with E-state index in [4.69, 9.17) is 0 Å². The van der Waals surface area contributed by atoms with Crippen molar-refractivity contribution in [3.05, 3.63) is 35.9 Å². The maximum Gasteiger partial charge on any atom is 0.278 e. The molecular formula is C13H17N5O. The zero-order valence-corrected chi connectivity index (χ0v) is 11.3. The Labute approximate surface area is 111 Å². The molecule has 0 aliphatic carbocycles. The van der Waals surface area contributed by atoms with E-state index in [-0.39, 0.29) is 5.91 Å². The zero-order valence-electron chi connectivity index (χ0n) is 11.3. The van der Waals surface area contributed by atoms with Gasteiger partial charge in [-0.05, 0) is 25.0 Å². The Bertz CT molecular complexity index is 562. The lowest BCUT2D eigenvalue weighted by Gasteiger charge is -2.06. The van der Waals surface area contributed by atoms with Crippen LogP contribution < -0.4 is 5.32 Å². The molecule has 19 heavy (non-hydrogen) atoms. The summed E-state index contributed by atoms with van der Waals surface area (Å²) in [7, 11) is 0. The molecule has 1 N–H and O–H groups in total. The fraction of sp³-hybridized carbons (Fsp3) is 0.385. The third-order valence-electron chi connectivity index (χ3n) is 2.66. The molecule has 0 aliphatic rings. The van der Waals surface area contributed by atoms with Crippen molar-refractivity contribution in [1.82, 2.24) is 20.0 Å². The Morgan fingerprint density at radius 3 is 2.89 bits per heavy atom. The van der Waals surface area contributed by atoms with E-state index >= 15 is 0 Å². The minimum absolute atomic E-state index is 0.263. The van der Waals surface area contributed by atoms with Gasteiger partial charge in [-0.25, -0.2) is 4.68 Å². The largest absolute Gasteiger partial charge is 0.319 e. The second kappa shape index (κ2) is 5.60. The van der Waals surface area contributed by atoms with Crippen molar-refractivity contribution in [2.45, 2.75) is 27.3 Å². The number of aromatic nitrogens is 4. The Hall–Kier alpha value is -2.24. The molecule has 6 nitrogen and oxygen atoms in total. The molecule has 0 bridgehead atoms. The highest BCUT2D eigenvalue weighted by Crippen LogP contribution is 2.10. The van der Waals surface area contributed by atoms with Gasteiger partial charge >= 0.3 is 0 Å². The van der Waals surface area contributed by atoms with E-state index in [1.54, 1.807) is 29.2 Å². The molecule has 2 aromatic heterocycles. The molecule has 100 valence electrons. The number of rotatable bonds is 4. The van der Waals surface area contributed by atoms with Crippen LogP contribution in [0.5, 0.6) is 0 Å². The lowest BCUT2D eigenvalue weighted by atomic mass is 10.2. The topological polar surface area (TPSA) is 72.7 Å². The molecule has 0 radical (unpaired) electrons. The summed E-state index contributed by atoms with van der Waals surface area (Å²) in [5.41, 5.74) is 1.77. The van der Waals surface area contributed by atoms with Crippen LogP contribution in [0.25, 0.3) is 0 Å². The average Bonchev–Trinajstić information content (AvgIpc) is 2.72. The van der Waals surface area contributed by atoms with E-state index in [0.717, 1.165) is 12.2 Å². The number of carbonyl (C=O) groups excluding carboxylic acids is 1. The molecule has 0 aromatic carbocycles. The fourth-order valence-corrected chi connectivity index (χ4v) is 1.72. The van der Waals surface area contributed by atoms with Gasteiger partial charge in [-0.15, -0.1) is 5.10 Å². The molecule has 0 unspecified atom stereocenters. The number of hydrogen-bond acceptors (Lipinski definition) is 4. The predicted octanol–water partition coefficient (Wildman–Crippen LogP) is 1.89. The Balaban J connectivity index is 2.14. The van der Waals surface area contributed by atoms with Gasteiger partial charge in [-0.2, -0.15) is 0 Å². The number of pyridine rings is 1. The number of hydrogen-bond donors (Lipinski definition) is 1. The van der Waals surface area contributed by atoms with Crippen LogP contribution in [-0.2, 0) is 6.54 Å². The summed E-state index contributed by atoms with van der Waals surface area (Å²) in [6.45, 7) is 6.78. The maximum atomic E-state index is 12.1. The van der Waals surface area contributed by atoms with Gasteiger partial charge in [-0.1, -0.05) is 19.1 Å². The summed E-state index contributed by atoms with van der Waals surface area (Å²) in [5.74, 6) is 0.190. The van der Waals surface area contributed by atoms with Crippen molar-refractivity contribution in [2.75, 3.05) is 5.32 Å². The summed E-state index contributed by atoms with van der Waals surface area (Å²) in [6.07, 6.45) is 3.24. The molecule has 2 rings (SSSR count). The number of anilines is 1. The summed E-state index contributed by atoms with van der Waals surface area (Å²) < 4.78 is 1.75. The molecule has 0 spiro atoms. The Morgan fingerprint density at radius 2 is 2.26 bits per heavy atom. The first-order valence-corrected chi connectivity index (χ1v) is 6.19. The second-order valence-corrected chi connectivity index (χ2v) is 4.80. The first-order valence-electron chi connectivity index (χ1n) is 6.19. The molecule has 0 saturated carbocycles. The fourth-order valence-electron chi connectivity index (χ4n) is 1.72. The van der Waals surface area contributed by atoms with E-state index in [1.807, 2.05) is 6.92 Å². The van der Waals surface area contributed by atoms with Gasteiger partial charge in [0.25, 0.3) is 5.91 Å². The van der Waals surface area contributed by atoms with Gasteiger partial charge in [0.15, 0.2) is 5.69 Å². The van der Waals surface area contributed by atoms with Crippen molar-refractivity contribution in [2.24, 2.45) is 5.92 Å². The first-order chi connectivity index (χ1) is 9.08. The Morgan fingerprint density at radius 1 is 1.47 bits per heavy atom. The van der Waals surface area contributed by atoms with E-state index in [1.165, 1.54) is 0 Å². The average molecular weight is 259 g/mol. The lowest BCUT2D eigenvalue weighted by molar-refractivity contribution is 0.102. The lowest BCUT2D eigenvalue weighted by Crippen LogP contribution is -2.15. The Kier molecular flexibility index (Phi) is 3.89. The highest BCUT2D eigenvalue weighted by molar-refractivity contribution is 6.03. The molecule has 0 aliphatic heterocycles. The van der Waals surface area contributed by atoms with Gasteiger partial charge in [0.2, 0.25) is 0 Å². The van der Waals surface area contributed by atoms with Gasteiger partial charge in [0, 0.05) is 12.7 Å². The monoisotopic (exact) mass is 259 g/mol. The SMILES string of the molecule is Cc1c(C(=O)Nc2cccnc2)nnn1CC(C)C. The van der Waals surface area contributed by atoms with Crippen molar-refractivity contribution in [3.63, 3.8) is 0 Å². The summed E-state index contributed by atoms with van der Waals surface area (Å²) in [5, 5.41) is 10.7. The second-order valence-electron chi connectivity index (χ2n) is 4.80. The first kappa shape index (κ1) is 13.2. The highest BCUT2D eigenvalue weighted by atomic mass is 16.2. The van der Waals surface area contributed by atoms with Crippen LogP contribution in [-0.4, -0.2) is 25.9 Å². The smallest absolute Gasteiger partial charge is 0.278 e. The van der Waals surface area contributed by atoms with E-state index < -0.39 is 0 Å². The third kappa shape index (κ3) is 3.15. The quantitative estimate of drug-likeness (QED) is 0.910. The van der Waals surface area contributed by atoms with E-state index in [9.17, 15) is 4.79 Å². The van der Waals surface area contributed by atoms with Gasteiger partial charge in [-0.3, -0.25) is 9.78 Å². The number of nitrogens with one attached hydrogen (secondary N) is 1. The maximum absolute atomic E-state index is 12.1. The predicted molar refractivity (Wildman–Crippen MR) is 71.8 cm³/mol. The minimum Gasteiger partial charge on any atom is -0.319 e. The molecule has 0 fully saturated rings. The minimum atomic E-state index is -0.263. The van der Waals surface area contributed by atoms with Crippen LogP contribution in [0.1, 0.15) is 30.0 Å². The highest BCUT2D eigenvalue weighted by Gasteiger charge is 2.16. The molecule has 1 amide bonds. The standard InChI is InChI=1S/C13H17N5O/c1-9(2)8-18-10(3)12(16-17-18)13(19)15-11-5-4-6-14-7-11/h4-7,9H,8H2,1-3H3,(H,15,19). The van der Waals surface area contributed by atoms with Crippen LogP contribution in [0.3, 0.4) is 0 Å². The van der Waals surface area contributed by atoms with Gasteiger partial charge < -0.3 is 5.32 Å². The normalized spacial score (nSPS) is 10.7. The molecular weight excluding hydrogens is 242 g/mol. The zero-order chi connectivity index (χ0) is 13.8. The number of nitrogens with zero attached hydrogens (tertiary/aromatic N) is 4. The van der Waals surface area contributed by atoms with E-state index in [2.05, 4.69) is 34.5 Å². The van der Waals surface area contributed by atoms with Crippen molar-refractivity contribution < 1.29 is 4.79 Å². The molecule has 6 heteroatoms. The molecule has 2 heterocycles. The molecule has 0 saturated heterocycles.